The van der Waals surface area contributed by atoms with Gasteiger partial charge >= 0.3 is 0 Å². The standard InChI is InChI=1S/C22H19ClN4O3/c1-26-21(28)12-16(14-6-7-24-20(23)11-14)25-22(26)27-8-9-29-19(13-27)18-10-15-4-2-3-5-17(15)30-18/h2-7,10-12,19H,8-9,13H2,1H3/t19-/m1/s1. The van der Waals surface area contributed by atoms with Gasteiger partial charge in [0.1, 0.15) is 22.6 Å². The molecule has 1 aliphatic rings. The predicted octanol–water partition coefficient (Wildman–Crippen LogP) is 3.82. The van der Waals surface area contributed by atoms with Gasteiger partial charge in [0.05, 0.1) is 18.8 Å². The van der Waals surface area contributed by atoms with Crippen molar-refractivity contribution in [1.82, 2.24) is 14.5 Å². The van der Waals surface area contributed by atoms with Gasteiger partial charge < -0.3 is 14.1 Å². The molecule has 4 aromatic rings. The van der Waals surface area contributed by atoms with Gasteiger partial charge in [-0.3, -0.25) is 9.36 Å². The van der Waals surface area contributed by atoms with Crippen LogP contribution in [0.4, 0.5) is 5.95 Å². The highest BCUT2D eigenvalue weighted by Crippen LogP contribution is 2.30. The summed E-state index contributed by atoms with van der Waals surface area (Å²) in [5.41, 5.74) is 1.99. The van der Waals surface area contributed by atoms with Crippen molar-refractivity contribution in [3.63, 3.8) is 0 Å². The van der Waals surface area contributed by atoms with E-state index in [1.54, 1.807) is 29.9 Å². The Balaban J connectivity index is 1.49. The van der Waals surface area contributed by atoms with Crippen LogP contribution in [-0.4, -0.2) is 34.2 Å². The van der Waals surface area contributed by atoms with Crippen LogP contribution in [0, 0.1) is 0 Å². The molecule has 0 radical (unpaired) electrons. The molecule has 1 saturated heterocycles. The number of anilines is 1. The smallest absolute Gasteiger partial charge is 0.255 e. The van der Waals surface area contributed by atoms with Crippen molar-refractivity contribution in [2.24, 2.45) is 7.05 Å². The fourth-order valence-corrected chi connectivity index (χ4v) is 3.86. The van der Waals surface area contributed by atoms with Crippen LogP contribution in [-0.2, 0) is 11.8 Å². The third kappa shape index (κ3) is 3.46. The largest absolute Gasteiger partial charge is 0.458 e. The molecule has 5 rings (SSSR count). The molecule has 1 aliphatic heterocycles. The highest BCUT2D eigenvalue weighted by molar-refractivity contribution is 6.29. The van der Waals surface area contributed by atoms with Gasteiger partial charge in [-0.25, -0.2) is 9.97 Å². The third-order valence-corrected chi connectivity index (χ3v) is 5.45. The maximum atomic E-state index is 12.6. The zero-order valence-electron chi connectivity index (χ0n) is 16.3. The average molecular weight is 423 g/mol. The molecule has 3 aromatic heterocycles. The maximum absolute atomic E-state index is 12.6. The van der Waals surface area contributed by atoms with Gasteiger partial charge in [-0.15, -0.1) is 0 Å². The van der Waals surface area contributed by atoms with E-state index in [2.05, 4.69) is 9.88 Å². The quantitative estimate of drug-likeness (QED) is 0.467. The molecule has 1 atom stereocenters. The lowest BCUT2D eigenvalue weighted by Gasteiger charge is -2.33. The number of rotatable bonds is 3. The molecular formula is C22H19ClN4O3. The van der Waals surface area contributed by atoms with Crippen LogP contribution in [0.25, 0.3) is 22.2 Å². The molecule has 0 amide bonds. The Kier molecular flexibility index (Phi) is 4.77. The fraction of sp³-hybridized carbons (Fsp3) is 0.227. The van der Waals surface area contributed by atoms with Crippen LogP contribution in [0.5, 0.6) is 0 Å². The highest BCUT2D eigenvalue weighted by Gasteiger charge is 2.27. The number of furan rings is 1. The van der Waals surface area contributed by atoms with E-state index in [-0.39, 0.29) is 11.7 Å². The zero-order valence-corrected chi connectivity index (χ0v) is 17.0. The first-order valence-electron chi connectivity index (χ1n) is 9.63. The number of hydrogen-bond donors (Lipinski definition) is 0. The number of para-hydroxylation sites is 1. The van der Waals surface area contributed by atoms with Crippen molar-refractivity contribution in [2.45, 2.75) is 6.10 Å². The van der Waals surface area contributed by atoms with Crippen molar-refractivity contribution in [3.05, 3.63) is 76.0 Å². The van der Waals surface area contributed by atoms with E-state index >= 15 is 0 Å². The molecule has 0 bridgehead atoms. The molecule has 0 aliphatic carbocycles. The van der Waals surface area contributed by atoms with Crippen LogP contribution in [0.3, 0.4) is 0 Å². The van der Waals surface area contributed by atoms with Gasteiger partial charge in [0, 0.05) is 36.8 Å². The third-order valence-electron chi connectivity index (χ3n) is 5.24. The molecule has 7 nitrogen and oxygen atoms in total. The van der Waals surface area contributed by atoms with E-state index in [0.29, 0.717) is 36.5 Å². The first-order valence-corrected chi connectivity index (χ1v) is 10.0. The molecule has 4 heterocycles. The van der Waals surface area contributed by atoms with Gasteiger partial charge in [-0.2, -0.15) is 0 Å². The number of halogens is 1. The molecular weight excluding hydrogens is 404 g/mol. The molecule has 152 valence electrons. The Morgan fingerprint density at radius 3 is 2.87 bits per heavy atom. The van der Waals surface area contributed by atoms with E-state index in [4.69, 9.17) is 25.7 Å². The van der Waals surface area contributed by atoms with Crippen LogP contribution in [0.2, 0.25) is 5.15 Å². The van der Waals surface area contributed by atoms with Gasteiger partial charge in [0.15, 0.2) is 0 Å². The average Bonchev–Trinajstić information content (AvgIpc) is 3.20. The Hall–Kier alpha value is -3.16. The molecule has 0 spiro atoms. The summed E-state index contributed by atoms with van der Waals surface area (Å²) < 4.78 is 13.5. The lowest BCUT2D eigenvalue weighted by Crippen LogP contribution is -2.41. The van der Waals surface area contributed by atoms with E-state index in [9.17, 15) is 4.79 Å². The normalized spacial score (nSPS) is 16.9. The minimum Gasteiger partial charge on any atom is -0.458 e. The highest BCUT2D eigenvalue weighted by atomic mass is 35.5. The van der Waals surface area contributed by atoms with Gasteiger partial charge in [-0.1, -0.05) is 29.8 Å². The van der Waals surface area contributed by atoms with E-state index in [1.165, 1.54) is 6.07 Å². The second-order valence-electron chi connectivity index (χ2n) is 7.20. The molecule has 1 fully saturated rings. The van der Waals surface area contributed by atoms with Crippen LogP contribution in [0.15, 0.2) is 63.9 Å². The van der Waals surface area contributed by atoms with Gasteiger partial charge in [0.25, 0.3) is 5.56 Å². The monoisotopic (exact) mass is 422 g/mol. The number of morpholine rings is 1. The van der Waals surface area contributed by atoms with Crippen LogP contribution < -0.4 is 10.5 Å². The topological polar surface area (TPSA) is 73.4 Å². The lowest BCUT2D eigenvalue weighted by atomic mass is 10.2. The maximum Gasteiger partial charge on any atom is 0.255 e. The van der Waals surface area contributed by atoms with Gasteiger partial charge in [0.2, 0.25) is 5.95 Å². The Labute approximate surface area is 177 Å². The summed E-state index contributed by atoms with van der Waals surface area (Å²) in [6, 6.07) is 14.9. The Bertz CT molecular complexity index is 1250. The van der Waals surface area contributed by atoms with E-state index in [0.717, 1.165) is 22.3 Å². The number of nitrogens with zero attached hydrogens (tertiary/aromatic N) is 4. The summed E-state index contributed by atoms with van der Waals surface area (Å²) in [7, 11) is 1.72. The number of benzene rings is 1. The van der Waals surface area contributed by atoms with Crippen LogP contribution >= 0.6 is 11.6 Å². The van der Waals surface area contributed by atoms with Crippen LogP contribution in [0.1, 0.15) is 11.9 Å². The zero-order chi connectivity index (χ0) is 20.7. The molecule has 0 N–H and O–H groups in total. The number of ether oxygens (including phenoxy) is 1. The Morgan fingerprint density at radius 1 is 1.17 bits per heavy atom. The van der Waals surface area contributed by atoms with Crippen molar-refractivity contribution >= 4 is 28.5 Å². The van der Waals surface area contributed by atoms with Crippen molar-refractivity contribution in [1.29, 1.82) is 0 Å². The minimum absolute atomic E-state index is 0.144. The van der Waals surface area contributed by atoms with Crippen molar-refractivity contribution in [2.75, 3.05) is 24.6 Å². The summed E-state index contributed by atoms with van der Waals surface area (Å²) in [5, 5.41) is 1.39. The second kappa shape index (κ2) is 7.59. The Morgan fingerprint density at radius 2 is 2.03 bits per heavy atom. The number of fused-ring (bicyclic) bond motifs is 1. The summed E-state index contributed by atoms with van der Waals surface area (Å²) in [6.07, 6.45) is 1.35. The number of hydrogen-bond acceptors (Lipinski definition) is 6. The SMILES string of the molecule is Cn1c(N2CCO[C@@H](c3cc4ccccc4o3)C2)nc(-c2ccnc(Cl)c2)cc1=O. The first-order chi connectivity index (χ1) is 14.6. The van der Waals surface area contributed by atoms with Crippen molar-refractivity contribution in [3.8, 4) is 11.3 Å². The second-order valence-corrected chi connectivity index (χ2v) is 7.59. The molecule has 1 aromatic carbocycles. The predicted molar refractivity (Wildman–Crippen MR) is 115 cm³/mol. The van der Waals surface area contributed by atoms with E-state index < -0.39 is 0 Å². The summed E-state index contributed by atoms with van der Waals surface area (Å²) in [6.45, 7) is 1.65. The lowest BCUT2D eigenvalue weighted by molar-refractivity contribution is 0.0260. The first kappa shape index (κ1) is 18.8. The van der Waals surface area contributed by atoms with E-state index in [1.807, 2.05) is 30.3 Å². The van der Waals surface area contributed by atoms with Crippen molar-refractivity contribution < 1.29 is 9.15 Å². The number of aromatic nitrogens is 3. The minimum atomic E-state index is -0.248. The summed E-state index contributed by atoms with van der Waals surface area (Å²) in [5.74, 6) is 1.35. The molecule has 30 heavy (non-hydrogen) atoms. The number of pyridine rings is 1. The molecule has 0 saturated carbocycles. The molecule has 0 unspecified atom stereocenters. The molecule has 8 heteroatoms. The summed E-state index contributed by atoms with van der Waals surface area (Å²) in [4.78, 5) is 23.4. The van der Waals surface area contributed by atoms with Gasteiger partial charge in [-0.05, 0) is 24.3 Å². The fourth-order valence-electron chi connectivity index (χ4n) is 3.68. The summed E-state index contributed by atoms with van der Waals surface area (Å²) >= 11 is 6.02.